The smallest absolute Gasteiger partial charge is 0.222 e. The van der Waals surface area contributed by atoms with Crippen LogP contribution in [0.15, 0.2) is 0 Å². The average Bonchev–Trinajstić information content (AvgIpc) is 2.77. The Balaban J connectivity index is 1.72. The largest absolute Gasteiger partial charge is 0.342 e. The summed E-state index contributed by atoms with van der Waals surface area (Å²) in [6, 6.07) is 0.397. The molecule has 0 aromatic heterocycles. The number of fused-ring (bicyclic) bond motifs is 5. The van der Waals surface area contributed by atoms with E-state index in [4.69, 9.17) is 0 Å². The third kappa shape index (κ3) is 1.90. The number of Topliss-reactive ketones (excluding diaryl/α,β-unsaturated/α-hetero) is 1. The van der Waals surface area contributed by atoms with E-state index in [2.05, 4.69) is 32.6 Å². The van der Waals surface area contributed by atoms with Crippen LogP contribution in [0.2, 0.25) is 0 Å². The van der Waals surface area contributed by atoms with E-state index in [-0.39, 0.29) is 16.7 Å². The summed E-state index contributed by atoms with van der Waals surface area (Å²) in [5.41, 5.74) is 0.171. The molecule has 1 heterocycles. The Morgan fingerprint density at radius 2 is 1.75 bits per heavy atom. The molecule has 0 spiro atoms. The Labute approximate surface area is 146 Å². The standard InChI is InChI=1S/C21H33NO2/c1-12-11-16-20(3,9-7-17(23)22(16)5)14-6-8-21(4)15(18(12)14)10-13(2)19(21)24/h12-16,18H,6-11H2,1-5H3/t12-,13-,14?,15?,16?,18?,20+,21-/m0/s1. The van der Waals surface area contributed by atoms with E-state index in [1.807, 2.05) is 7.05 Å². The maximum Gasteiger partial charge on any atom is 0.222 e. The van der Waals surface area contributed by atoms with E-state index in [0.717, 1.165) is 25.7 Å². The van der Waals surface area contributed by atoms with Crippen LogP contribution in [0.3, 0.4) is 0 Å². The minimum absolute atomic E-state index is 0.0750. The summed E-state index contributed by atoms with van der Waals surface area (Å²) in [5.74, 6) is 3.62. The van der Waals surface area contributed by atoms with Gasteiger partial charge in [-0.05, 0) is 61.2 Å². The predicted molar refractivity (Wildman–Crippen MR) is 94.3 cm³/mol. The van der Waals surface area contributed by atoms with Gasteiger partial charge in [0.15, 0.2) is 0 Å². The lowest BCUT2D eigenvalue weighted by Gasteiger charge is -2.63. The quantitative estimate of drug-likeness (QED) is 0.675. The number of ketones is 1. The molecule has 1 amide bonds. The topological polar surface area (TPSA) is 37.4 Å². The van der Waals surface area contributed by atoms with Gasteiger partial charge in [0, 0.05) is 30.8 Å². The molecule has 24 heavy (non-hydrogen) atoms. The Kier molecular flexibility index (Phi) is 3.51. The molecule has 4 rings (SSSR count). The number of piperidine rings is 1. The maximum atomic E-state index is 12.8. The highest BCUT2D eigenvalue weighted by molar-refractivity contribution is 5.89. The van der Waals surface area contributed by atoms with Crippen molar-refractivity contribution in [1.82, 2.24) is 4.90 Å². The number of carbonyl (C=O) groups is 2. The van der Waals surface area contributed by atoms with Crippen molar-refractivity contribution < 1.29 is 9.59 Å². The molecule has 0 bridgehead atoms. The molecule has 0 N–H and O–H groups in total. The first-order chi connectivity index (χ1) is 11.2. The van der Waals surface area contributed by atoms with Crippen molar-refractivity contribution >= 4 is 11.7 Å². The SMILES string of the molecule is C[C@H]1CC2C3C(CC[C@]2(C)C1=O)[C@@]1(C)CCC(=O)N(C)C1C[C@@H]3C. The van der Waals surface area contributed by atoms with Gasteiger partial charge >= 0.3 is 0 Å². The molecule has 0 radical (unpaired) electrons. The number of nitrogens with zero attached hydrogens (tertiary/aromatic N) is 1. The number of hydrogen-bond donors (Lipinski definition) is 0. The third-order valence-corrected chi connectivity index (χ3v) is 8.94. The molecule has 3 aliphatic carbocycles. The summed E-state index contributed by atoms with van der Waals surface area (Å²) in [7, 11) is 2.02. The van der Waals surface area contributed by atoms with Crippen LogP contribution in [0, 0.1) is 40.4 Å². The number of rotatable bonds is 0. The summed E-state index contributed by atoms with van der Waals surface area (Å²) in [6.07, 6.45) is 6.20. The first kappa shape index (κ1) is 16.6. The highest BCUT2D eigenvalue weighted by Crippen LogP contribution is 2.65. The predicted octanol–water partition coefficient (Wildman–Crippen LogP) is 3.91. The zero-order valence-electron chi connectivity index (χ0n) is 16.0. The lowest BCUT2D eigenvalue weighted by molar-refractivity contribution is -0.166. The molecule has 0 aromatic carbocycles. The van der Waals surface area contributed by atoms with E-state index in [9.17, 15) is 9.59 Å². The molecule has 8 atom stereocenters. The summed E-state index contributed by atoms with van der Waals surface area (Å²) < 4.78 is 0. The van der Waals surface area contributed by atoms with Crippen LogP contribution in [0.5, 0.6) is 0 Å². The minimum Gasteiger partial charge on any atom is -0.342 e. The van der Waals surface area contributed by atoms with Crippen molar-refractivity contribution in [3.05, 3.63) is 0 Å². The van der Waals surface area contributed by atoms with Crippen LogP contribution in [-0.4, -0.2) is 29.7 Å². The van der Waals surface area contributed by atoms with E-state index < -0.39 is 0 Å². The molecule has 0 aromatic rings. The highest BCUT2D eigenvalue weighted by Gasteiger charge is 2.63. The minimum atomic E-state index is -0.0750. The second-order valence-electron chi connectivity index (χ2n) is 9.99. The molecule has 134 valence electrons. The zero-order chi connectivity index (χ0) is 17.4. The van der Waals surface area contributed by atoms with Crippen molar-refractivity contribution in [3.63, 3.8) is 0 Å². The lowest BCUT2D eigenvalue weighted by atomic mass is 9.45. The van der Waals surface area contributed by atoms with Crippen LogP contribution < -0.4 is 0 Å². The molecule has 4 unspecified atom stereocenters. The number of amides is 1. The molecule has 1 saturated heterocycles. The van der Waals surface area contributed by atoms with Crippen LogP contribution in [-0.2, 0) is 9.59 Å². The van der Waals surface area contributed by atoms with Gasteiger partial charge < -0.3 is 4.90 Å². The van der Waals surface area contributed by atoms with Gasteiger partial charge in [0.1, 0.15) is 5.78 Å². The Morgan fingerprint density at radius 3 is 2.46 bits per heavy atom. The summed E-state index contributed by atoms with van der Waals surface area (Å²) in [4.78, 5) is 27.2. The fourth-order valence-corrected chi connectivity index (χ4v) is 7.58. The second-order valence-corrected chi connectivity index (χ2v) is 9.99. The molecule has 4 fully saturated rings. The Morgan fingerprint density at radius 1 is 1.04 bits per heavy atom. The number of carbonyl (C=O) groups excluding carboxylic acids is 2. The molecule has 4 aliphatic rings. The van der Waals surface area contributed by atoms with Gasteiger partial charge in [-0.3, -0.25) is 9.59 Å². The molecule has 1 aliphatic heterocycles. The molecular formula is C21H33NO2. The van der Waals surface area contributed by atoms with Gasteiger partial charge in [-0.2, -0.15) is 0 Å². The average molecular weight is 332 g/mol. The van der Waals surface area contributed by atoms with Crippen molar-refractivity contribution in [2.75, 3.05) is 7.05 Å². The van der Waals surface area contributed by atoms with Crippen molar-refractivity contribution in [1.29, 1.82) is 0 Å². The number of likely N-dealkylation sites (tertiary alicyclic amines) is 1. The summed E-state index contributed by atoms with van der Waals surface area (Å²) in [6.45, 7) is 9.25. The van der Waals surface area contributed by atoms with Crippen LogP contribution in [0.25, 0.3) is 0 Å². The summed E-state index contributed by atoms with van der Waals surface area (Å²) >= 11 is 0. The Bertz CT molecular complexity index is 586. The van der Waals surface area contributed by atoms with Crippen LogP contribution in [0.1, 0.15) is 66.2 Å². The van der Waals surface area contributed by atoms with Gasteiger partial charge in [-0.25, -0.2) is 0 Å². The first-order valence-electron chi connectivity index (χ1n) is 10.00. The molecule has 3 nitrogen and oxygen atoms in total. The first-order valence-corrected chi connectivity index (χ1v) is 10.00. The Hall–Kier alpha value is -0.860. The lowest BCUT2D eigenvalue weighted by Crippen LogP contribution is -2.63. The molecule has 3 heteroatoms. The fourth-order valence-electron chi connectivity index (χ4n) is 7.58. The van der Waals surface area contributed by atoms with Gasteiger partial charge in [0.05, 0.1) is 0 Å². The van der Waals surface area contributed by atoms with Crippen LogP contribution in [0.4, 0.5) is 0 Å². The highest BCUT2D eigenvalue weighted by atomic mass is 16.2. The van der Waals surface area contributed by atoms with Crippen molar-refractivity contribution in [2.24, 2.45) is 40.4 Å². The van der Waals surface area contributed by atoms with Gasteiger partial charge in [0.2, 0.25) is 5.91 Å². The second kappa shape index (κ2) is 5.08. The monoisotopic (exact) mass is 331 g/mol. The van der Waals surface area contributed by atoms with E-state index in [1.54, 1.807) is 0 Å². The fraction of sp³-hybridized carbons (Fsp3) is 0.905. The van der Waals surface area contributed by atoms with Crippen molar-refractivity contribution in [3.8, 4) is 0 Å². The van der Waals surface area contributed by atoms with Crippen LogP contribution >= 0.6 is 0 Å². The number of hydrogen-bond acceptors (Lipinski definition) is 2. The van der Waals surface area contributed by atoms with Crippen molar-refractivity contribution in [2.45, 2.75) is 72.3 Å². The molecule has 3 saturated carbocycles. The van der Waals surface area contributed by atoms with E-state index in [0.29, 0.717) is 47.8 Å². The van der Waals surface area contributed by atoms with Gasteiger partial charge in [0.25, 0.3) is 0 Å². The third-order valence-electron chi connectivity index (χ3n) is 8.94. The maximum absolute atomic E-state index is 12.8. The molecular weight excluding hydrogens is 298 g/mol. The van der Waals surface area contributed by atoms with Gasteiger partial charge in [-0.1, -0.05) is 27.7 Å². The van der Waals surface area contributed by atoms with Gasteiger partial charge in [-0.15, -0.1) is 0 Å². The van der Waals surface area contributed by atoms with E-state index >= 15 is 0 Å². The normalized spacial score (nSPS) is 54.3. The summed E-state index contributed by atoms with van der Waals surface area (Å²) in [5, 5.41) is 0. The zero-order valence-corrected chi connectivity index (χ0v) is 16.0. The van der Waals surface area contributed by atoms with E-state index in [1.165, 1.54) is 6.42 Å².